The van der Waals surface area contributed by atoms with E-state index < -0.39 is 41.5 Å². The summed E-state index contributed by atoms with van der Waals surface area (Å²) in [6.07, 6.45) is 4.94. The molecule has 4 rings (SSSR count). The number of thioether (sulfide) groups is 1. The van der Waals surface area contributed by atoms with Crippen molar-refractivity contribution in [3.8, 4) is 0 Å². The molecule has 0 aliphatic carbocycles. The summed E-state index contributed by atoms with van der Waals surface area (Å²) in [7, 11) is 0. The Balaban J connectivity index is 1.50. The predicted molar refractivity (Wildman–Crippen MR) is 120 cm³/mol. The number of carbonyl (C=O) groups is 3. The number of hydrogen-bond acceptors (Lipinski definition) is 10. The molecule has 1 aromatic heterocycles. The third-order valence-corrected chi connectivity index (χ3v) is 7.31. The molecule has 2 atom stereocenters. The van der Waals surface area contributed by atoms with Crippen molar-refractivity contribution < 1.29 is 33.1 Å². The number of nitrogens with one attached hydrogen (secondary N) is 1. The Hall–Kier alpha value is -3.04. The number of alkyl halides is 2. The highest BCUT2D eigenvalue weighted by Gasteiger charge is 2.54. The van der Waals surface area contributed by atoms with Crippen molar-refractivity contribution in [2.45, 2.75) is 24.4 Å². The minimum absolute atomic E-state index is 0.0780. The highest BCUT2D eigenvalue weighted by atomic mass is 32.2. The van der Waals surface area contributed by atoms with E-state index in [9.17, 15) is 28.3 Å². The third-order valence-electron chi connectivity index (χ3n) is 5.30. The fraction of sp³-hybridized carbons (Fsp3) is 0.421. The number of rotatable bonds is 8. The quantitative estimate of drug-likeness (QED) is 0.197. The van der Waals surface area contributed by atoms with E-state index in [-0.39, 0.29) is 16.5 Å². The molecular weight excluding hydrogens is 494 g/mol. The van der Waals surface area contributed by atoms with Crippen molar-refractivity contribution in [2.24, 2.45) is 5.16 Å². The first kappa shape index (κ1) is 24.1. The Morgan fingerprint density at radius 2 is 2.21 bits per heavy atom. The molecule has 1 unspecified atom stereocenters. The zero-order valence-corrected chi connectivity index (χ0v) is 19.2. The molecule has 182 valence electrons. The summed E-state index contributed by atoms with van der Waals surface area (Å²) in [6, 6.07) is -1.07. The van der Waals surface area contributed by atoms with Gasteiger partial charge in [-0.1, -0.05) is 17.3 Å². The van der Waals surface area contributed by atoms with E-state index in [0.717, 1.165) is 29.2 Å². The minimum Gasteiger partial charge on any atom is -0.477 e. The van der Waals surface area contributed by atoms with E-state index in [2.05, 4.69) is 31.3 Å². The summed E-state index contributed by atoms with van der Waals surface area (Å²) in [6.45, 7) is -1.37. The maximum atomic E-state index is 12.9. The number of nitrogens with zero attached hydrogens (tertiary/aromatic N) is 4. The standard InChI is InChI=1S/C19H20F2N6O5S2/c20-18(21)32-25-11(10-8-34-19(22)23-10)14(28)24-12-15(29)27-13(17(30)31)9(7-33-16(12)27)6-26-4-2-1-3-5-26/h1-2,8,12,16,18H,3-7H2,(H2,22,23)(H,24,28)(H,30,31)/t12?,16-/m1/s1. The van der Waals surface area contributed by atoms with E-state index in [1.54, 1.807) is 0 Å². The van der Waals surface area contributed by atoms with E-state index in [4.69, 9.17) is 5.73 Å². The number of fused-ring (bicyclic) bond motifs is 1. The molecule has 0 saturated carbocycles. The van der Waals surface area contributed by atoms with Gasteiger partial charge in [-0.25, -0.2) is 9.78 Å². The number of halogens is 2. The molecule has 4 N–H and O–H groups in total. The number of aliphatic carboxylic acids is 1. The van der Waals surface area contributed by atoms with Crippen LogP contribution in [0, 0.1) is 0 Å². The van der Waals surface area contributed by atoms with Gasteiger partial charge < -0.3 is 21.0 Å². The number of nitrogen functional groups attached to an aromatic ring is 1. The van der Waals surface area contributed by atoms with Crippen LogP contribution in [0.15, 0.2) is 34.0 Å². The van der Waals surface area contributed by atoms with Crippen LogP contribution in [0.2, 0.25) is 0 Å². The zero-order chi connectivity index (χ0) is 24.4. The van der Waals surface area contributed by atoms with E-state index in [1.165, 1.54) is 17.1 Å². The number of nitrogens with two attached hydrogens (primary N) is 1. The fourth-order valence-electron chi connectivity index (χ4n) is 3.81. The Bertz CT molecular complexity index is 1090. The molecular formula is C19H20F2N6O5S2. The van der Waals surface area contributed by atoms with Gasteiger partial charge in [-0.2, -0.15) is 8.78 Å². The van der Waals surface area contributed by atoms with Gasteiger partial charge in [-0.05, 0) is 12.0 Å². The van der Waals surface area contributed by atoms with Gasteiger partial charge >= 0.3 is 12.6 Å². The summed E-state index contributed by atoms with van der Waals surface area (Å²) in [4.78, 5) is 48.6. The first-order valence-electron chi connectivity index (χ1n) is 10.1. The van der Waals surface area contributed by atoms with Gasteiger partial charge in [0.15, 0.2) is 10.8 Å². The second-order valence-corrected chi connectivity index (χ2v) is 9.49. The van der Waals surface area contributed by atoms with Crippen molar-refractivity contribution in [1.29, 1.82) is 0 Å². The lowest BCUT2D eigenvalue weighted by molar-refractivity contribution is -0.150. The first-order chi connectivity index (χ1) is 16.3. The average molecular weight is 515 g/mol. The number of amides is 2. The molecule has 3 aliphatic heterocycles. The average Bonchev–Trinajstić information content (AvgIpc) is 3.23. The van der Waals surface area contributed by atoms with Gasteiger partial charge in [-0.3, -0.25) is 19.4 Å². The summed E-state index contributed by atoms with van der Waals surface area (Å²) >= 11 is 2.28. The van der Waals surface area contributed by atoms with Gasteiger partial charge in [0.25, 0.3) is 11.8 Å². The molecule has 1 aromatic rings. The van der Waals surface area contributed by atoms with Gasteiger partial charge in [0.2, 0.25) is 0 Å². The topological polar surface area (TPSA) is 150 Å². The van der Waals surface area contributed by atoms with Crippen molar-refractivity contribution >= 4 is 51.7 Å². The van der Waals surface area contributed by atoms with Crippen LogP contribution in [0.5, 0.6) is 0 Å². The summed E-state index contributed by atoms with van der Waals surface area (Å²) in [5.74, 6) is -2.46. The normalized spacial score (nSPS) is 23.1. The number of thiazole rings is 1. The van der Waals surface area contributed by atoms with Crippen LogP contribution < -0.4 is 11.1 Å². The van der Waals surface area contributed by atoms with Crippen LogP contribution in [0.4, 0.5) is 13.9 Å². The first-order valence-corrected chi connectivity index (χ1v) is 12.0. The lowest BCUT2D eigenvalue weighted by atomic mass is 10.0. The Morgan fingerprint density at radius 3 is 2.82 bits per heavy atom. The molecule has 34 heavy (non-hydrogen) atoms. The molecule has 11 nitrogen and oxygen atoms in total. The van der Waals surface area contributed by atoms with Gasteiger partial charge in [0.05, 0.1) is 0 Å². The number of carboxylic acids is 1. The second-order valence-electron chi connectivity index (χ2n) is 7.49. The van der Waals surface area contributed by atoms with Crippen molar-refractivity contribution in [2.75, 3.05) is 31.1 Å². The molecule has 4 heterocycles. The van der Waals surface area contributed by atoms with Crippen LogP contribution in [0.3, 0.4) is 0 Å². The van der Waals surface area contributed by atoms with E-state index in [1.807, 2.05) is 6.08 Å². The maximum absolute atomic E-state index is 12.9. The molecule has 15 heteroatoms. The SMILES string of the molecule is Nc1nc(C(=NOC(F)F)C(=O)NC2C(=O)N3C(C(=O)O)=C(CN4CC=CCC4)CS[C@H]23)cs1. The van der Waals surface area contributed by atoms with E-state index >= 15 is 0 Å². The fourth-order valence-corrected chi connectivity index (χ4v) is 5.69. The number of carbonyl (C=O) groups excluding carboxylic acids is 2. The maximum Gasteiger partial charge on any atom is 0.407 e. The molecule has 2 amide bonds. The minimum atomic E-state index is -3.27. The molecule has 3 aliphatic rings. The van der Waals surface area contributed by atoms with E-state index in [0.29, 0.717) is 24.4 Å². The summed E-state index contributed by atoms with van der Waals surface area (Å²) < 4.78 is 25.0. The van der Waals surface area contributed by atoms with Gasteiger partial charge in [-0.15, -0.1) is 23.1 Å². The molecule has 1 fully saturated rings. The number of carboxylic acid groups (broad SMARTS) is 1. The number of β-lactam (4-membered cyclic amide) rings is 1. The molecule has 0 aromatic carbocycles. The van der Waals surface area contributed by atoms with Crippen molar-refractivity contribution in [3.05, 3.63) is 34.5 Å². The Morgan fingerprint density at radius 1 is 1.41 bits per heavy atom. The molecule has 0 spiro atoms. The number of anilines is 1. The number of oxime groups is 1. The van der Waals surface area contributed by atoms with Crippen LogP contribution in [0.1, 0.15) is 12.1 Å². The monoisotopic (exact) mass is 514 g/mol. The highest BCUT2D eigenvalue weighted by molar-refractivity contribution is 8.00. The Labute approximate surface area is 200 Å². The zero-order valence-electron chi connectivity index (χ0n) is 17.5. The van der Waals surface area contributed by atoms with Crippen LogP contribution in [-0.4, -0.2) is 86.8 Å². The summed E-state index contributed by atoms with van der Waals surface area (Å²) in [5.41, 5.74) is 5.41. The smallest absolute Gasteiger partial charge is 0.407 e. The van der Waals surface area contributed by atoms with Crippen LogP contribution >= 0.6 is 23.1 Å². The lowest BCUT2D eigenvalue weighted by Crippen LogP contribution is -2.71. The number of hydrogen-bond donors (Lipinski definition) is 3. The van der Waals surface area contributed by atoms with Crippen LogP contribution in [-0.2, 0) is 19.2 Å². The number of aromatic nitrogens is 1. The van der Waals surface area contributed by atoms with Crippen LogP contribution in [0.25, 0.3) is 0 Å². The third kappa shape index (κ3) is 4.90. The molecule has 0 bridgehead atoms. The molecule has 1 saturated heterocycles. The second kappa shape index (κ2) is 10.1. The predicted octanol–water partition coefficient (Wildman–Crippen LogP) is 0.669. The van der Waals surface area contributed by atoms with Gasteiger partial charge in [0.1, 0.15) is 22.8 Å². The molecule has 0 radical (unpaired) electrons. The lowest BCUT2D eigenvalue weighted by Gasteiger charge is -2.49. The largest absolute Gasteiger partial charge is 0.477 e. The highest BCUT2D eigenvalue weighted by Crippen LogP contribution is 2.40. The summed E-state index contributed by atoms with van der Waals surface area (Å²) in [5, 5.41) is 16.1. The van der Waals surface area contributed by atoms with Crippen molar-refractivity contribution in [3.63, 3.8) is 0 Å². The Kier molecular flexibility index (Phi) is 7.13. The van der Waals surface area contributed by atoms with Gasteiger partial charge in [0, 0.05) is 30.8 Å². The van der Waals surface area contributed by atoms with Crippen molar-refractivity contribution in [1.82, 2.24) is 20.1 Å².